The summed E-state index contributed by atoms with van der Waals surface area (Å²) in [7, 11) is 0. The number of likely N-dealkylation sites (tertiary alicyclic amines) is 1. The molecule has 0 atom stereocenters. The van der Waals surface area contributed by atoms with Gasteiger partial charge in [0.05, 0.1) is 10.8 Å². The zero-order valence-electron chi connectivity index (χ0n) is 11.2. The minimum atomic E-state index is -0.768. The van der Waals surface area contributed by atoms with E-state index < -0.39 is 5.97 Å². The molecule has 0 aliphatic carbocycles. The fourth-order valence-corrected chi connectivity index (χ4v) is 3.98. The van der Waals surface area contributed by atoms with Gasteiger partial charge >= 0.3 is 5.97 Å². The van der Waals surface area contributed by atoms with E-state index in [9.17, 15) is 9.59 Å². The van der Waals surface area contributed by atoms with Gasteiger partial charge in [0.1, 0.15) is 10.7 Å². The normalized spacial score (nSPS) is 16.1. The van der Waals surface area contributed by atoms with E-state index in [1.54, 1.807) is 21.6 Å². The highest BCUT2D eigenvalue weighted by Gasteiger charge is 2.28. The number of aromatic nitrogens is 1. The number of nitrogens with zero attached hydrogens (tertiary/aromatic N) is 2. The number of hydrogen-bond donors (Lipinski definition) is 1. The summed E-state index contributed by atoms with van der Waals surface area (Å²) in [6.45, 7) is 0.976. The van der Waals surface area contributed by atoms with Gasteiger partial charge in [0.15, 0.2) is 0 Å². The van der Waals surface area contributed by atoms with Crippen LogP contribution >= 0.6 is 22.7 Å². The van der Waals surface area contributed by atoms with Crippen LogP contribution in [0.1, 0.15) is 23.3 Å². The lowest BCUT2D eigenvalue weighted by Gasteiger charge is -2.29. The Morgan fingerprint density at radius 1 is 1.29 bits per heavy atom. The molecule has 0 bridgehead atoms. The molecule has 0 saturated carbocycles. The molecule has 5 nitrogen and oxygen atoms in total. The van der Waals surface area contributed by atoms with Crippen molar-refractivity contribution in [3.05, 3.63) is 28.6 Å². The third-order valence-electron chi connectivity index (χ3n) is 3.59. The smallest absolute Gasteiger partial charge is 0.306 e. The van der Waals surface area contributed by atoms with Gasteiger partial charge in [-0.05, 0) is 24.3 Å². The van der Waals surface area contributed by atoms with Crippen LogP contribution in [0.5, 0.6) is 0 Å². The number of carbonyl (C=O) groups excluding carboxylic acids is 1. The Morgan fingerprint density at radius 2 is 2.05 bits per heavy atom. The fourth-order valence-electron chi connectivity index (χ4n) is 2.38. The first-order valence-electron chi connectivity index (χ1n) is 6.66. The summed E-state index contributed by atoms with van der Waals surface area (Å²) in [6.07, 6.45) is 1.03. The summed E-state index contributed by atoms with van der Waals surface area (Å²) in [6, 6.07) is 3.94. The topological polar surface area (TPSA) is 70.5 Å². The summed E-state index contributed by atoms with van der Waals surface area (Å²) < 4.78 is 0. The van der Waals surface area contributed by atoms with Gasteiger partial charge in [-0.1, -0.05) is 6.07 Å². The molecule has 2 aromatic heterocycles. The number of piperidine rings is 1. The van der Waals surface area contributed by atoms with Crippen LogP contribution in [0.2, 0.25) is 0 Å². The number of carboxylic acid groups (broad SMARTS) is 1. The van der Waals surface area contributed by atoms with Crippen molar-refractivity contribution in [2.45, 2.75) is 12.8 Å². The van der Waals surface area contributed by atoms with Gasteiger partial charge in [-0.15, -0.1) is 22.7 Å². The van der Waals surface area contributed by atoms with E-state index in [2.05, 4.69) is 4.98 Å². The van der Waals surface area contributed by atoms with Crippen LogP contribution < -0.4 is 0 Å². The van der Waals surface area contributed by atoms with Gasteiger partial charge in [0.2, 0.25) is 0 Å². The molecule has 110 valence electrons. The lowest BCUT2D eigenvalue weighted by atomic mass is 9.97. The second kappa shape index (κ2) is 5.95. The molecule has 0 unspecified atom stereocenters. The molecule has 3 rings (SSSR count). The van der Waals surface area contributed by atoms with Crippen molar-refractivity contribution in [3.63, 3.8) is 0 Å². The Balaban J connectivity index is 1.68. The van der Waals surface area contributed by atoms with E-state index in [1.165, 1.54) is 11.3 Å². The molecule has 1 aliphatic heterocycles. The largest absolute Gasteiger partial charge is 0.481 e. The molecule has 0 spiro atoms. The average molecular weight is 322 g/mol. The van der Waals surface area contributed by atoms with Gasteiger partial charge in [-0.2, -0.15) is 0 Å². The number of carbonyl (C=O) groups is 2. The fraction of sp³-hybridized carbons (Fsp3) is 0.357. The minimum absolute atomic E-state index is 0.0992. The van der Waals surface area contributed by atoms with Crippen molar-refractivity contribution < 1.29 is 14.7 Å². The highest BCUT2D eigenvalue weighted by Crippen LogP contribution is 2.28. The van der Waals surface area contributed by atoms with E-state index in [4.69, 9.17) is 5.11 Å². The lowest BCUT2D eigenvalue weighted by molar-refractivity contribution is -0.143. The van der Waals surface area contributed by atoms with Crippen LogP contribution in [0.25, 0.3) is 9.88 Å². The van der Waals surface area contributed by atoms with Crippen LogP contribution in [-0.2, 0) is 4.79 Å². The standard InChI is InChI=1S/C14H14N2O3S2/c17-13(16-5-3-9(4-6-16)14(18)19)10-8-21-12(15-10)11-2-1-7-20-11/h1-2,7-9H,3-6H2,(H,18,19). The van der Waals surface area contributed by atoms with Gasteiger partial charge in [-0.3, -0.25) is 9.59 Å². The molecule has 7 heteroatoms. The van der Waals surface area contributed by atoms with Crippen molar-refractivity contribution in [1.29, 1.82) is 0 Å². The van der Waals surface area contributed by atoms with E-state index in [0.717, 1.165) is 9.88 Å². The monoisotopic (exact) mass is 322 g/mol. The zero-order chi connectivity index (χ0) is 14.8. The minimum Gasteiger partial charge on any atom is -0.481 e. The molecule has 2 aromatic rings. The first-order valence-corrected chi connectivity index (χ1v) is 8.42. The molecule has 1 amide bonds. The Bertz CT molecular complexity index is 643. The molecule has 21 heavy (non-hydrogen) atoms. The summed E-state index contributed by atoms with van der Waals surface area (Å²) >= 11 is 3.06. The second-order valence-electron chi connectivity index (χ2n) is 4.92. The van der Waals surface area contributed by atoms with E-state index in [-0.39, 0.29) is 11.8 Å². The summed E-state index contributed by atoms with van der Waals surface area (Å²) in [4.78, 5) is 30.5. The Morgan fingerprint density at radius 3 is 2.67 bits per heavy atom. The number of amides is 1. The number of thiazole rings is 1. The first kappa shape index (κ1) is 14.2. The molecular formula is C14H14N2O3S2. The van der Waals surface area contributed by atoms with E-state index in [1.807, 2.05) is 17.5 Å². The Labute approximate surface area is 129 Å². The molecule has 3 heterocycles. The van der Waals surface area contributed by atoms with Gasteiger partial charge < -0.3 is 10.0 Å². The van der Waals surface area contributed by atoms with Crippen molar-refractivity contribution in [2.24, 2.45) is 5.92 Å². The maximum Gasteiger partial charge on any atom is 0.306 e. The summed E-state index contributed by atoms with van der Waals surface area (Å²) in [5.74, 6) is -1.19. The van der Waals surface area contributed by atoms with Crippen LogP contribution in [0, 0.1) is 5.92 Å². The number of carboxylic acids is 1. The molecule has 1 fully saturated rings. The highest BCUT2D eigenvalue weighted by molar-refractivity contribution is 7.20. The van der Waals surface area contributed by atoms with E-state index >= 15 is 0 Å². The number of rotatable bonds is 3. The number of thiophene rings is 1. The quantitative estimate of drug-likeness (QED) is 0.943. The van der Waals surface area contributed by atoms with Gasteiger partial charge in [0, 0.05) is 18.5 Å². The summed E-state index contributed by atoms with van der Waals surface area (Å²) in [5.41, 5.74) is 0.456. The van der Waals surface area contributed by atoms with Gasteiger partial charge in [-0.25, -0.2) is 4.98 Å². The van der Waals surface area contributed by atoms with Crippen molar-refractivity contribution >= 4 is 34.6 Å². The average Bonchev–Trinajstić information content (AvgIpc) is 3.17. The Kier molecular flexibility index (Phi) is 4.03. The predicted octanol–water partition coefficient (Wildman–Crippen LogP) is 2.81. The maximum absolute atomic E-state index is 12.4. The first-order chi connectivity index (χ1) is 10.1. The summed E-state index contributed by atoms with van der Waals surface area (Å²) in [5, 5.41) is 13.6. The SMILES string of the molecule is O=C(O)C1CCN(C(=O)c2csc(-c3cccs3)n2)CC1. The maximum atomic E-state index is 12.4. The van der Waals surface area contributed by atoms with Crippen molar-refractivity contribution in [2.75, 3.05) is 13.1 Å². The lowest BCUT2D eigenvalue weighted by Crippen LogP contribution is -2.40. The van der Waals surface area contributed by atoms with E-state index in [0.29, 0.717) is 31.6 Å². The van der Waals surface area contributed by atoms with Gasteiger partial charge in [0.25, 0.3) is 5.91 Å². The molecule has 0 radical (unpaired) electrons. The van der Waals surface area contributed by atoms with Crippen molar-refractivity contribution in [1.82, 2.24) is 9.88 Å². The van der Waals surface area contributed by atoms with Crippen LogP contribution in [0.15, 0.2) is 22.9 Å². The van der Waals surface area contributed by atoms with Crippen molar-refractivity contribution in [3.8, 4) is 9.88 Å². The zero-order valence-corrected chi connectivity index (χ0v) is 12.8. The number of hydrogen-bond acceptors (Lipinski definition) is 5. The van der Waals surface area contributed by atoms with Crippen LogP contribution in [0.3, 0.4) is 0 Å². The predicted molar refractivity (Wildman–Crippen MR) is 81.7 cm³/mol. The molecule has 1 N–H and O–H groups in total. The third kappa shape index (κ3) is 2.98. The highest BCUT2D eigenvalue weighted by atomic mass is 32.1. The van der Waals surface area contributed by atoms with Crippen LogP contribution in [0.4, 0.5) is 0 Å². The molecule has 0 aromatic carbocycles. The second-order valence-corrected chi connectivity index (χ2v) is 6.73. The number of aliphatic carboxylic acids is 1. The van der Waals surface area contributed by atoms with Crippen LogP contribution in [-0.4, -0.2) is 40.0 Å². The third-order valence-corrected chi connectivity index (χ3v) is 5.47. The molecule has 1 saturated heterocycles. The Hall–Kier alpha value is -1.73. The molecule has 1 aliphatic rings. The molecular weight excluding hydrogens is 308 g/mol.